The van der Waals surface area contributed by atoms with Gasteiger partial charge in [0, 0.05) is 6.54 Å². The van der Waals surface area contributed by atoms with Crippen LogP contribution in [0.25, 0.3) is 0 Å². The van der Waals surface area contributed by atoms with Gasteiger partial charge in [-0.15, -0.1) is 0 Å². The second kappa shape index (κ2) is 20.4. The van der Waals surface area contributed by atoms with Crippen molar-refractivity contribution in [2.24, 2.45) is 22.2 Å². The Morgan fingerprint density at radius 2 is 1.13 bits per heavy atom. The van der Waals surface area contributed by atoms with E-state index < -0.39 is 104 Å². The average molecular weight is 649 g/mol. The minimum atomic E-state index is -1.69. The SMILES string of the molecule is C[C@H](NC(=O)CN)C(=O)N[C@@H](CO)C(=O)N[C@@H](CO)C(=O)N[C@@H](CCCN=C(N)N)C(=O)N[C@@H](C)C(=O)N[C@H](C(=O)O)[C@@H](C)O. The van der Waals surface area contributed by atoms with E-state index in [0.717, 1.165) is 6.92 Å². The Labute approximate surface area is 258 Å². The molecule has 0 saturated carbocycles. The number of hydrogen-bond acceptors (Lipinski definition) is 12. The van der Waals surface area contributed by atoms with Crippen LogP contribution in [0.1, 0.15) is 33.6 Å². The van der Waals surface area contributed by atoms with E-state index in [9.17, 15) is 48.9 Å². The quantitative estimate of drug-likeness (QED) is 0.0331. The van der Waals surface area contributed by atoms with Gasteiger partial charge in [-0.2, -0.15) is 0 Å². The van der Waals surface area contributed by atoms with Crippen molar-refractivity contribution in [3.8, 4) is 0 Å². The minimum absolute atomic E-state index is 0.0366. The molecule has 16 N–H and O–H groups in total. The highest BCUT2D eigenvalue weighted by Gasteiger charge is 2.32. The summed E-state index contributed by atoms with van der Waals surface area (Å²) in [5.41, 5.74) is 15.7. The Kier molecular flexibility index (Phi) is 18.3. The average Bonchev–Trinajstić information content (AvgIpc) is 2.97. The molecule has 0 fully saturated rings. The van der Waals surface area contributed by atoms with E-state index in [-0.39, 0.29) is 25.3 Å². The fraction of sp³-hybridized carbons (Fsp3) is 0.667. The largest absolute Gasteiger partial charge is 0.480 e. The molecule has 256 valence electrons. The molecule has 0 aromatic carbocycles. The monoisotopic (exact) mass is 648 g/mol. The smallest absolute Gasteiger partial charge is 0.328 e. The molecule has 0 saturated heterocycles. The Bertz CT molecular complexity index is 1080. The molecule has 21 nitrogen and oxygen atoms in total. The summed E-state index contributed by atoms with van der Waals surface area (Å²) in [6.45, 7) is 1.37. The van der Waals surface area contributed by atoms with Crippen LogP contribution >= 0.6 is 0 Å². The van der Waals surface area contributed by atoms with Gasteiger partial charge in [-0.1, -0.05) is 0 Å². The van der Waals surface area contributed by atoms with Gasteiger partial charge >= 0.3 is 5.97 Å². The first-order valence-electron chi connectivity index (χ1n) is 13.7. The van der Waals surface area contributed by atoms with Gasteiger partial charge in [0.25, 0.3) is 0 Å². The number of nitrogens with zero attached hydrogens (tertiary/aromatic N) is 1. The van der Waals surface area contributed by atoms with Crippen molar-refractivity contribution in [2.75, 3.05) is 26.3 Å². The lowest BCUT2D eigenvalue weighted by Gasteiger charge is -2.25. The summed E-state index contributed by atoms with van der Waals surface area (Å²) in [5, 5.41) is 51.3. The van der Waals surface area contributed by atoms with Crippen molar-refractivity contribution < 1.29 is 54.0 Å². The van der Waals surface area contributed by atoms with Crippen molar-refractivity contribution in [1.82, 2.24) is 31.9 Å². The molecule has 0 aliphatic carbocycles. The number of nitrogens with one attached hydrogen (secondary N) is 6. The van der Waals surface area contributed by atoms with Gasteiger partial charge in [0.1, 0.15) is 30.2 Å². The third-order valence-corrected chi connectivity index (χ3v) is 5.96. The number of aliphatic carboxylic acids is 1. The summed E-state index contributed by atoms with van der Waals surface area (Å²) in [6.07, 6.45) is -1.43. The summed E-state index contributed by atoms with van der Waals surface area (Å²) in [6, 6.07) is -8.82. The summed E-state index contributed by atoms with van der Waals surface area (Å²) in [5.74, 6) is -7.33. The number of carbonyl (C=O) groups excluding carboxylic acids is 6. The van der Waals surface area contributed by atoms with E-state index in [1.165, 1.54) is 13.8 Å². The molecule has 0 aromatic heterocycles. The maximum atomic E-state index is 13.0. The van der Waals surface area contributed by atoms with E-state index in [2.05, 4.69) is 36.9 Å². The van der Waals surface area contributed by atoms with Crippen LogP contribution in [0.3, 0.4) is 0 Å². The molecule has 0 aromatic rings. The van der Waals surface area contributed by atoms with Gasteiger partial charge in [0.15, 0.2) is 12.0 Å². The predicted molar refractivity (Wildman–Crippen MR) is 155 cm³/mol. The molecule has 0 rings (SSSR count). The molecule has 0 spiro atoms. The van der Waals surface area contributed by atoms with Gasteiger partial charge in [-0.05, 0) is 33.6 Å². The van der Waals surface area contributed by atoms with Crippen LogP contribution in [0.4, 0.5) is 0 Å². The van der Waals surface area contributed by atoms with Crippen LogP contribution in [-0.2, 0) is 33.6 Å². The highest BCUT2D eigenvalue weighted by Crippen LogP contribution is 2.02. The van der Waals surface area contributed by atoms with Crippen LogP contribution in [-0.4, -0.2) is 136 Å². The third kappa shape index (κ3) is 15.1. The number of aliphatic hydroxyl groups is 3. The van der Waals surface area contributed by atoms with Crippen LogP contribution in [0, 0.1) is 0 Å². The van der Waals surface area contributed by atoms with Gasteiger partial charge in [-0.25, -0.2) is 4.79 Å². The van der Waals surface area contributed by atoms with E-state index in [1.807, 2.05) is 0 Å². The van der Waals surface area contributed by atoms with Gasteiger partial charge in [-0.3, -0.25) is 33.8 Å². The highest BCUT2D eigenvalue weighted by molar-refractivity contribution is 5.96. The number of carbonyl (C=O) groups is 7. The van der Waals surface area contributed by atoms with Gasteiger partial charge in [0.2, 0.25) is 35.4 Å². The van der Waals surface area contributed by atoms with Crippen molar-refractivity contribution in [3.05, 3.63) is 0 Å². The Morgan fingerprint density at radius 3 is 1.58 bits per heavy atom. The van der Waals surface area contributed by atoms with Crippen LogP contribution < -0.4 is 49.1 Å². The van der Waals surface area contributed by atoms with E-state index in [0.29, 0.717) is 0 Å². The standard InChI is InChI=1S/C24H44N10O11/c1-10(29-16(38)7-25)18(39)32-14(8-35)22(43)33-15(9-36)21(42)31-13(5-4-6-28-24(26)27)20(41)30-11(2)19(40)34-17(12(3)37)23(44)45/h10-15,17,35-37H,4-9,25H2,1-3H3,(H,29,38)(H,30,41)(H,31,42)(H,32,39)(H,33,43)(H,34,40)(H,44,45)(H4,26,27,28)/t10-,11-,12+,13-,14-,15-,17-/m0/s1. The Hall–Kier alpha value is -4.60. The fourth-order valence-corrected chi connectivity index (χ4v) is 3.41. The number of aliphatic imine (C=N–C) groups is 1. The van der Waals surface area contributed by atoms with Crippen molar-refractivity contribution in [1.29, 1.82) is 0 Å². The number of amides is 6. The Balaban J connectivity index is 5.63. The number of nitrogens with two attached hydrogens (primary N) is 3. The van der Waals surface area contributed by atoms with E-state index in [1.54, 1.807) is 0 Å². The molecule has 6 amide bonds. The zero-order chi connectivity index (χ0) is 34.9. The number of aliphatic hydroxyl groups excluding tert-OH is 3. The number of hydrogen-bond donors (Lipinski definition) is 13. The zero-order valence-electron chi connectivity index (χ0n) is 25.1. The second-order valence-corrected chi connectivity index (χ2v) is 9.79. The molecule has 0 radical (unpaired) electrons. The van der Waals surface area contributed by atoms with Gasteiger partial charge < -0.3 is 69.5 Å². The normalized spacial score (nSPS) is 15.4. The summed E-state index contributed by atoms with van der Waals surface area (Å²) in [7, 11) is 0. The molecule has 0 bridgehead atoms. The molecular weight excluding hydrogens is 604 g/mol. The number of rotatable bonds is 20. The highest BCUT2D eigenvalue weighted by atomic mass is 16.4. The van der Waals surface area contributed by atoms with E-state index in [4.69, 9.17) is 22.3 Å². The summed E-state index contributed by atoms with van der Waals surface area (Å²) >= 11 is 0. The maximum Gasteiger partial charge on any atom is 0.328 e. The number of carboxylic acid groups (broad SMARTS) is 1. The molecule has 0 unspecified atom stereocenters. The first kappa shape index (κ1) is 40.4. The number of guanidine groups is 1. The molecule has 0 aliphatic rings. The predicted octanol–water partition coefficient (Wildman–Crippen LogP) is -7.60. The lowest BCUT2D eigenvalue weighted by Crippen LogP contribution is -2.60. The minimum Gasteiger partial charge on any atom is -0.480 e. The van der Waals surface area contributed by atoms with Crippen LogP contribution in [0.5, 0.6) is 0 Å². The van der Waals surface area contributed by atoms with Crippen molar-refractivity contribution in [3.63, 3.8) is 0 Å². The lowest BCUT2D eigenvalue weighted by atomic mass is 10.1. The van der Waals surface area contributed by atoms with Crippen LogP contribution in [0.15, 0.2) is 4.99 Å². The zero-order valence-corrected chi connectivity index (χ0v) is 25.1. The maximum absolute atomic E-state index is 13.0. The second-order valence-electron chi connectivity index (χ2n) is 9.79. The summed E-state index contributed by atoms with van der Waals surface area (Å²) in [4.78, 5) is 89.8. The van der Waals surface area contributed by atoms with E-state index >= 15 is 0 Å². The Morgan fingerprint density at radius 1 is 0.689 bits per heavy atom. The topological polar surface area (TPSA) is 363 Å². The first-order valence-corrected chi connectivity index (χ1v) is 13.7. The molecule has 0 heterocycles. The van der Waals surface area contributed by atoms with Gasteiger partial charge in [0.05, 0.1) is 25.9 Å². The molecule has 0 aliphatic heterocycles. The fourth-order valence-electron chi connectivity index (χ4n) is 3.41. The molecule has 45 heavy (non-hydrogen) atoms. The third-order valence-electron chi connectivity index (χ3n) is 5.96. The lowest BCUT2D eigenvalue weighted by molar-refractivity contribution is -0.145. The number of carboxylic acids is 1. The first-order chi connectivity index (χ1) is 21.0. The van der Waals surface area contributed by atoms with Crippen molar-refractivity contribution in [2.45, 2.75) is 76.0 Å². The van der Waals surface area contributed by atoms with Crippen LogP contribution in [0.2, 0.25) is 0 Å². The molecule has 7 atom stereocenters. The molecule has 21 heteroatoms. The summed E-state index contributed by atoms with van der Waals surface area (Å²) < 4.78 is 0. The molecular formula is C24H44N10O11. The van der Waals surface area contributed by atoms with Crippen molar-refractivity contribution >= 4 is 47.4 Å².